The first-order chi connectivity index (χ1) is 13.3. The first kappa shape index (κ1) is 17.4. The maximum Gasteiger partial charge on any atom is 0.203 e. The molecule has 0 bridgehead atoms. The van der Waals surface area contributed by atoms with Gasteiger partial charge in [0.25, 0.3) is 0 Å². The summed E-state index contributed by atoms with van der Waals surface area (Å²) in [5.74, 6) is 0. The van der Waals surface area contributed by atoms with Gasteiger partial charge in [0.15, 0.2) is 0 Å². The fourth-order valence-corrected chi connectivity index (χ4v) is 3.43. The van der Waals surface area contributed by atoms with Crippen LogP contribution in [-0.4, -0.2) is 15.7 Å². The lowest BCUT2D eigenvalue weighted by Gasteiger charge is -2.06. The van der Waals surface area contributed by atoms with Crippen LogP contribution < -0.4 is 5.43 Å². The molecule has 2 aromatic heterocycles. The zero-order valence-corrected chi connectivity index (χ0v) is 15.8. The quantitative estimate of drug-likeness (QED) is 0.350. The molecule has 4 nitrogen and oxygen atoms in total. The van der Waals surface area contributed by atoms with Crippen LogP contribution >= 0.6 is 22.9 Å². The lowest BCUT2D eigenvalue weighted by atomic mass is 10.1. The molecule has 2 heterocycles. The number of rotatable bonds is 5. The van der Waals surface area contributed by atoms with Crippen LogP contribution in [0.2, 0.25) is 5.02 Å². The zero-order chi connectivity index (χ0) is 18.5. The lowest BCUT2D eigenvalue weighted by Crippen LogP contribution is -2.08. The molecular formula is C21H15ClN4S. The fourth-order valence-electron chi connectivity index (χ4n) is 2.58. The predicted molar refractivity (Wildman–Crippen MR) is 113 cm³/mol. The molecule has 4 rings (SSSR count). The second-order valence-corrected chi connectivity index (χ2v) is 7.00. The number of thiazole rings is 1. The van der Waals surface area contributed by atoms with E-state index in [-0.39, 0.29) is 0 Å². The van der Waals surface area contributed by atoms with E-state index in [1.807, 2.05) is 78.2 Å². The molecule has 0 spiro atoms. The van der Waals surface area contributed by atoms with E-state index in [1.54, 1.807) is 6.20 Å². The maximum absolute atomic E-state index is 6.07. The molecule has 0 aliphatic carbocycles. The van der Waals surface area contributed by atoms with Crippen molar-refractivity contribution in [2.75, 3.05) is 5.43 Å². The van der Waals surface area contributed by atoms with E-state index in [2.05, 4.69) is 20.5 Å². The Balaban J connectivity index is 1.63. The average molecular weight is 391 g/mol. The van der Waals surface area contributed by atoms with Crippen molar-refractivity contribution in [1.82, 2.24) is 9.97 Å². The highest BCUT2D eigenvalue weighted by Crippen LogP contribution is 2.26. The van der Waals surface area contributed by atoms with Gasteiger partial charge in [-0.1, -0.05) is 60.1 Å². The molecule has 2 aromatic carbocycles. The van der Waals surface area contributed by atoms with Crippen LogP contribution in [0.5, 0.6) is 0 Å². The van der Waals surface area contributed by atoms with Crippen molar-refractivity contribution in [2.45, 2.75) is 0 Å². The molecule has 0 aliphatic rings. The molecule has 1 N–H and O–H groups in total. The molecule has 0 unspecified atom stereocenters. The number of nitrogens with zero attached hydrogens (tertiary/aromatic N) is 3. The van der Waals surface area contributed by atoms with Crippen molar-refractivity contribution < 1.29 is 0 Å². The van der Waals surface area contributed by atoms with E-state index in [0.717, 1.165) is 28.2 Å². The fraction of sp³-hybridized carbons (Fsp3) is 0. The molecule has 132 valence electrons. The monoisotopic (exact) mass is 390 g/mol. The molecule has 0 amide bonds. The topological polar surface area (TPSA) is 50.2 Å². The van der Waals surface area contributed by atoms with Gasteiger partial charge in [0, 0.05) is 27.7 Å². The van der Waals surface area contributed by atoms with Crippen LogP contribution in [0.4, 0.5) is 5.13 Å². The van der Waals surface area contributed by atoms with Crippen molar-refractivity contribution in [2.24, 2.45) is 5.10 Å². The van der Waals surface area contributed by atoms with Crippen molar-refractivity contribution >= 4 is 33.8 Å². The lowest BCUT2D eigenvalue weighted by molar-refractivity contribution is 1.24. The standard InChI is InChI=1S/C21H15ClN4S/c22-17-10-6-9-16(13-17)19-14-27-21(24-19)26-25-20(15-7-2-1-3-8-15)18-11-4-5-12-23-18/h1-14H,(H,24,26)/b25-20+. The third kappa shape index (κ3) is 4.22. The van der Waals surface area contributed by atoms with E-state index in [1.165, 1.54) is 11.3 Å². The summed E-state index contributed by atoms with van der Waals surface area (Å²) in [4.78, 5) is 9.03. The predicted octanol–water partition coefficient (Wildman–Crippen LogP) is 5.72. The van der Waals surface area contributed by atoms with Crippen molar-refractivity contribution in [3.05, 3.63) is 101 Å². The summed E-state index contributed by atoms with van der Waals surface area (Å²) in [6, 6.07) is 23.4. The van der Waals surface area contributed by atoms with E-state index in [4.69, 9.17) is 11.6 Å². The number of benzene rings is 2. The summed E-state index contributed by atoms with van der Waals surface area (Å²) < 4.78 is 0. The van der Waals surface area contributed by atoms with E-state index in [9.17, 15) is 0 Å². The Kier molecular flexibility index (Phi) is 5.23. The highest BCUT2D eigenvalue weighted by atomic mass is 35.5. The van der Waals surface area contributed by atoms with Gasteiger partial charge in [0.05, 0.1) is 11.4 Å². The van der Waals surface area contributed by atoms with Crippen LogP contribution in [0.3, 0.4) is 0 Å². The Morgan fingerprint density at radius 2 is 1.81 bits per heavy atom. The number of pyridine rings is 1. The second kappa shape index (κ2) is 8.12. The van der Waals surface area contributed by atoms with Gasteiger partial charge in [-0.2, -0.15) is 5.10 Å². The first-order valence-corrected chi connectivity index (χ1v) is 9.57. The van der Waals surface area contributed by atoms with Gasteiger partial charge in [-0.3, -0.25) is 10.4 Å². The minimum atomic E-state index is 0.689. The minimum Gasteiger partial charge on any atom is -0.255 e. The number of hydrogen-bond donors (Lipinski definition) is 1. The van der Waals surface area contributed by atoms with Gasteiger partial charge in [-0.05, 0) is 24.3 Å². The second-order valence-electron chi connectivity index (χ2n) is 5.70. The van der Waals surface area contributed by atoms with Crippen LogP contribution in [0, 0.1) is 0 Å². The summed E-state index contributed by atoms with van der Waals surface area (Å²) in [7, 11) is 0. The molecule has 0 atom stereocenters. The Morgan fingerprint density at radius 1 is 0.963 bits per heavy atom. The van der Waals surface area contributed by atoms with Crippen molar-refractivity contribution in [3.63, 3.8) is 0 Å². The Bertz CT molecular complexity index is 1020. The molecule has 0 radical (unpaired) electrons. The number of hydrazone groups is 1. The van der Waals surface area contributed by atoms with Gasteiger partial charge in [0.2, 0.25) is 5.13 Å². The van der Waals surface area contributed by atoms with Crippen molar-refractivity contribution in [1.29, 1.82) is 0 Å². The Hall–Kier alpha value is -3.02. The molecule has 0 fully saturated rings. The molecular weight excluding hydrogens is 376 g/mol. The van der Waals surface area contributed by atoms with E-state index >= 15 is 0 Å². The van der Waals surface area contributed by atoms with Gasteiger partial charge in [-0.25, -0.2) is 4.98 Å². The zero-order valence-electron chi connectivity index (χ0n) is 14.2. The van der Waals surface area contributed by atoms with Gasteiger partial charge < -0.3 is 0 Å². The Labute approximate surface area is 166 Å². The summed E-state index contributed by atoms with van der Waals surface area (Å²) in [6.45, 7) is 0. The average Bonchev–Trinajstić information content (AvgIpc) is 3.19. The van der Waals surface area contributed by atoms with Crippen molar-refractivity contribution in [3.8, 4) is 11.3 Å². The first-order valence-electron chi connectivity index (χ1n) is 8.31. The Morgan fingerprint density at radius 3 is 2.59 bits per heavy atom. The highest BCUT2D eigenvalue weighted by molar-refractivity contribution is 7.14. The molecule has 4 aromatic rings. The molecule has 0 saturated heterocycles. The largest absolute Gasteiger partial charge is 0.255 e. The van der Waals surface area contributed by atoms with E-state index < -0.39 is 0 Å². The smallest absolute Gasteiger partial charge is 0.203 e. The van der Waals surface area contributed by atoms with Gasteiger partial charge >= 0.3 is 0 Å². The number of nitrogens with one attached hydrogen (secondary N) is 1. The SMILES string of the molecule is Clc1cccc(-c2csc(N/N=C(\c3ccccc3)c3ccccn3)n2)c1. The number of hydrogen-bond acceptors (Lipinski definition) is 5. The molecule has 6 heteroatoms. The van der Waals surface area contributed by atoms with Crippen LogP contribution in [0.25, 0.3) is 11.3 Å². The minimum absolute atomic E-state index is 0.689. The third-order valence-corrected chi connectivity index (χ3v) is 4.82. The summed E-state index contributed by atoms with van der Waals surface area (Å²) in [6.07, 6.45) is 1.76. The third-order valence-electron chi connectivity index (χ3n) is 3.84. The molecule has 0 aliphatic heterocycles. The van der Waals surface area contributed by atoms with Gasteiger partial charge in [0.1, 0.15) is 5.71 Å². The molecule has 27 heavy (non-hydrogen) atoms. The van der Waals surface area contributed by atoms with Crippen LogP contribution in [-0.2, 0) is 0 Å². The summed E-state index contributed by atoms with van der Waals surface area (Å²) >= 11 is 7.56. The number of anilines is 1. The summed E-state index contributed by atoms with van der Waals surface area (Å²) in [5, 5.41) is 7.96. The number of aromatic nitrogens is 2. The molecule has 0 saturated carbocycles. The maximum atomic E-state index is 6.07. The highest BCUT2D eigenvalue weighted by Gasteiger charge is 2.09. The normalized spacial score (nSPS) is 11.4. The van der Waals surface area contributed by atoms with Gasteiger partial charge in [-0.15, -0.1) is 11.3 Å². The number of halogens is 1. The van der Waals surface area contributed by atoms with E-state index in [0.29, 0.717) is 10.2 Å². The summed E-state index contributed by atoms with van der Waals surface area (Å²) in [5.41, 5.74) is 7.44. The van der Waals surface area contributed by atoms with Crippen LogP contribution in [0.1, 0.15) is 11.3 Å². The van der Waals surface area contributed by atoms with Crippen LogP contribution in [0.15, 0.2) is 89.5 Å².